The zero-order valence-electron chi connectivity index (χ0n) is 13.1. The van der Waals surface area contributed by atoms with Crippen LogP contribution in [0.4, 0.5) is 9.52 Å². The Bertz CT molecular complexity index is 1030. The van der Waals surface area contributed by atoms with Gasteiger partial charge < -0.3 is 0 Å². The number of sulfone groups is 1. The lowest BCUT2D eigenvalue weighted by atomic mass is 10.2. The van der Waals surface area contributed by atoms with E-state index in [1.165, 1.54) is 41.7 Å². The van der Waals surface area contributed by atoms with Crippen LogP contribution < -0.4 is 5.32 Å². The van der Waals surface area contributed by atoms with E-state index in [0.717, 1.165) is 11.8 Å². The molecular weight excluding hydrogens is 363 g/mol. The smallest absolute Gasteiger partial charge is 0.260 e. The molecule has 0 saturated carbocycles. The molecule has 0 radical (unpaired) electrons. The Morgan fingerprint density at radius 1 is 1.12 bits per heavy atom. The maximum Gasteiger partial charge on any atom is 0.260 e. The first-order chi connectivity index (χ1) is 11.8. The quantitative estimate of drug-likeness (QED) is 0.755. The van der Waals surface area contributed by atoms with Gasteiger partial charge in [0.1, 0.15) is 5.82 Å². The van der Waals surface area contributed by atoms with Crippen molar-refractivity contribution >= 4 is 32.2 Å². The van der Waals surface area contributed by atoms with E-state index in [-0.39, 0.29) is 10.5 Å². The third-order valence-corrected chi connectivity index (χ3v) is 5.31. The fourth-order valence-corrected chi connectivity index (χ4v) is 3.49. The summed E-state index contributed by atoms with van der Waals surface area (Å²) in [6.07, 6.45) is 1.14. The summed E-state index contributed by atoms with van der Waals surface area (Å²) in [6, 6.07) is 12.0. The molecular formula is C17H13FN2O3S2. The van der Waals surface area contributed by atoms with Crippen molar-refractivity contribution < 1.29 is 17.6 Å². The van der Waals surface area contributed by atoms with Gasteiger partial charge in [-0.25, -0.2) is 17.8 Å². The number of halogens is 1. The van der Waals surface area contributed by atoms with E-state index in [0.29, 0.717) is 10.8 Å². The molecule has 0 bridgehead atoms. The fourth-order valence-electron chi connectivity index (χ4n) is 2.15. The highest BCUT2D eigenvalue weighted by Gasteiger charge is 2.14. The van der Waals surface area contributed by atoms with Gasteiger partial charge >= 0.3 is 0 Å². The maximum atomic E-state index is 13.6. The number of hydrogen-bond acceptors (Lipinski definition) is 5. The molecule has 1 amide bonds. The molecule has 0 saturated heterocycles. The van der Waals surface area contributed by atoms with Crippen LogP contribution in [0.2, 0.25) is 0 Å². The predicted molar refractivity (Wildman–Crippen MR) is 95.0 cm³/mol. The molecule has 0 spiro atoms. The van der Waals surface area contributed by atoms with Crippen molar-refractivity contribution in [3.05, 3.63) is 65.3 Å². The molecule has 3 aromatic rings. The standard InChI is InChI=1S/C17H13FN2O3S2/c1-25(22,23)12-8-6-11(7-9-12)15-10-24-17(19-15)20-16(21)13-4-2-3-5-14(13)18/h2-10H,1H3,(H,19,20,21). The number of rotatable bonds is 4. The minimum atomic E-state index is -3.26. The normalized spacial score (nSPS) is 11.3. The van der Waals surface area contributed by atoms with Gasteiger partial charge in [0.25, 0.3) is 5.91 Å². The molecule has 1 heterocycles. The first kappa shape index (κ1) is 17.2. The van der Waals surface area contributed by atoms with Crippen molar-refractivity contribution in [2.45, 2.75) is 4.90 Å². The van der Waals surface area contributed by atoms with E-state index in [2.05, 4.69) is 10.3 Å². The highest BCUT2D eigenvalue weighted by molar-refractivity contribution is 7.90. The van der Waals surface area contributed by atoms with Crippen molar-refractivity contribution in [2.24, 2.45) is 0 Å². The van der Waals surface area contributed by atoms with Gasteiger partial charge in [0.05, 0.1) is 16.2 Å². The zero-order valence-corrected chi connectivity index (χ0v) is 14.7. The van der Waals surface area contributed by atoms with Crippen LogP contribution in [-0.4, -0.2) is 25.6 Å². The monoisotopic (exact) mass is 376 g/mol. The number of aromatic nitrogens is 1. The Labute approximate surface area is 148 Å². The summed E-state index contributed by atoms with van der Waals surface area (Å²) in [5, 5.41) is 4.62. The van der Waals surface area contributed by atoms with Crippen LogP contribution in [0.15, 0.2) is 58.8 Å². The molecule has 0 atom stereocenters. The van der Waals surface area contributed by atoms with Crippen LogP contribution in [0.1, 0.15) is 10.4 Å². The fraction of sp³-hybridized carbons (Fsp3) is 0.0588. The topological polar surface area (TPSA) is 76.1 Å². The van der Waals surface area contributed by atoms with Gasteiger partial charge in [-0.2, -0.15) is 0 Å². The highest BCUT2D eigenvalue weighted by atomic mass is 32.2. The summed E-state index contributed by atoms with van der Waals surface area (Å²) in [4.78, 5) is 16.6. The van der Waals surface area contributed by atoms with Crippen molar-refractivity contribution in [1.29, 1.82) is 0 Å². The van der Waals surface area contributed by atoms with E-state index in [9.17, 15) is 17.6 Å². The second-order valence-corrected chi connectivity index (χ2v) is 8.14. The molecule has 0 unspecified atom stereocenters. The first-order valence-corrected chi connectivity index (χ1v) is 9.93. The zero-order chi connectivity index (χ0) is 18.0. The maximum absolute atomic E-state index is 13.6. The third-order valence-electron chi connectivity index (χ3n) is 3.42. The Morgan fingerprint density at radius 2 is 1.80 bits per heavy atom. The number of amides is 1. The van der Waals surface area contributed by atoms with Gasteiger partial charge in [-0.05, 0) is 24.3 Å². The molecule has 0 aliphatic carbocycles. The van der Waals surface area contributed by atoms with E-state index in [1.54, 1.807) is 23.6 Å². The molecule has 1 N–H and O–H groups in total. The van der Waals surface area contributed by atoms with Gasteiger partial charge in [-0.15, -0.1) is 11.3 Å². The minimum absolute atomic E-state index is 0.0586. The molecule has 1 aromatic heterocycles. The highest BCUT2D eigenvalue weighted by Crippen LogP contribution is 2.26. The summed E-state index contributed by atoms with van der Waals surface area (Å²) in [7, 11) is -3.26. The second-order valence-electron chi connectivity index (χ2n) is 5.27. The van der Waals surface area contributed by atoms with Crippen LogP contribution in [0.3, 0.4) is 0 Å². The molecule has 25 heavy (non-hydrogen) atoms. The second kappa shape index (κ2) is 6.73. The summed E-state index contributed by atoms with van der Waals surface area (Å²) < 4.78 is 36.6. The molecule has 0 aliphatic rings. The Hall–Kier alpha value is -2.58. The number of thiazole rings is 1. The number of hydrogen-bond donors (Lipinski definition) is 1. The SMILES string of the molecule is CS(=O)(=O)c1ccc(-c2csc(NC(=O)c3ccccc3F)n2)cc1. The molecule has 5 nitrogen and oxygen atoms in total. The lowest BCUT2D eigenvalue weighted by molar-refractivity contribution is 0.102. The van der Waals surface area contributed by atoms with Crippen molar-refractivity contribution in [3.8, 4) is 11.3 Å². The molecule has 2 aromatic carbocycles. The Morgan fingerprint density at radius 3 is 2.44 bits per heavy atom. The largest absolute Gasteiger partial charge is 0.298 e. The van der Waals surface area contributed by atoms with E-state index < -0.39 is 21.6 Å². The van der Waals surface area contributed by atoms with E-state index >= 15 is 0 Å². The minimum Gasteiger partial charge on any atom is -0.298 e. The molecule has 0 aliphatic heterocycles. The molecule has 128 valence electrons. The number of carbonyl (C=O) groups is 1. The van der Waals surface area contributed by atoms with Crippen LogP contribution in [0, 0.1) is 5.82 Å². The number of anilines is 1. The predicted octanol–water partition coefficient (Wildman–Crippen LogP) is 3.61. The molecule has 0 fully saturated rings. The first-order valence-electron chi connectivity index (χ1n) is 7.16. The lowest BCUT2D eigenvalue weighted by Gasteiger charge is -2.03. The van der Waals surface area contributed by atoms with Crippen molar-refractivity contribution in [3.63, 3.8) is 0 Å². The molecule has 3 rings (SSSR count). The van der Waals surface area contributed by atoms with Crippen molar-refractivity contribution in [1.82, 2.24) is 4.98 Å². The van der Waals surface area contributed by atoms with Crippen molar-refractivity contribution in [2.75, 3.05) is 11.6 Å². The number of nitrogens with zero attached hydrogens (tertiary/aromatic N) is 1. The van der Waals surface area contributed by atoms with Crippen LogP contribution >= 0.6 is 11.3 Å². The summed E-state index contributed by atoms with van der Waals surface area (Å²) in [5.41, 5.74) is 1.25. The Balaban J connectivity index is 1.79. The van der Waals surface area contributed by atoms with Gasteiger partial charge in [0.2, 0.25) is 0 Å². The van der Waals surface area contributed by atoms with E-state index in [4.69, 9.17) is 0 Å². The average Bonchev–Trinajstić information content (AvgIpc) is 3.03. The van der Waals surface area contributed by atoms with Gasteiger partial charge in [-0.3, -0.25) is 10.1 Å². The Kier molecular flexibility index (Phi) is 4.65. The van der Waals surface area contributed by atoms with Crippen LogP contribution in [0.5, 0.6) is 0 Å². The van der Waals surface area contributed by atoms with Gasteiger partial charge in [0.15, 0.2) is 15.0 Å². The lowest BCUT2D eigenvalue weighted by Crippen LogP contribution is -2.13. The molecule has 8 heteroatoms. The summed E-state index contributed by atoms with van der Waals surface area (Å²) in [6.45, 7) is 0. The summed E-state index contributed by atoms with van der Waals surface area (Å²) >= 11 is 1.20. The number of benzene rings is 2. The average molecular weight is 376 g/mol. The third kappa shape index (κ3) is 3.92. The van der Waals surface area contributed by atoms with Crippen LogP contribution in [0.25, 0.3) is 11.3 Å². The van der Waals surface area contributed by atoms with E-state index in [1.807, 2.05) is 0 Å². The van der Waals surface area contributed by atoms with Gasteiger partial charge in [-0.1, -0.05) is 24.3 Å². The summed E-state index contributed by atoms with van der Waals surface area (Å²) in [5.74, 6) is -1.18. The number of nitrogens with one attached hydrogen (secondary N) is 1. The van der Waals surface area contributed by atoms with Gasteiger partial charge in [0, 0.05) is 17.2 Å². The van der Waals surface area contributed by atoms with Crippen LogP contribution in [-0.2, 0) is 9.84 Å². The number of carbonyl (C=O) groups excluding carboxylic acids is 1.